The van der Waals surface area contributed by atoms with E-state index >= 15 is 0 Å². The summed E-state index contributed by atoms with van der Waals surface area (Å²) in [5.41, 5.74) is 0.727. The molecule has 1 aromatic carbocycles. The van der Waals surface area contributed by atoms with Crippen LogP contribution in [0.5, 0.6) is 0 Å². The zero-order chi connectivity index (χ0) is 19.1. The Morgan fingerprint density at radius 2 is 1.70 bits per heavy atom. The van der Waals surface area contributed by atoms with Crippen LogP contribution in [0.2, 0.25) is 0 Å². The van der Waals surface area contributed by atoms with E-state index in [4.69, 9.17) is 18.9 Å². The van der Waals surface area contributed by atoms with Crippen molar-refractivity contribution in [3.63, 3.8) is 0 Å². The predicted octanol–water partition coefficient (Wildman–Crippen LogP) is 4.23. The van der Waals surface area contributed by atoms with Crippen LogP contribution in [0.25, 0.3) is 0 Å². The SMILES string of the molecule is C=CCCCC1COC(C2COC(CCc3ccc(F)c(F)c3)OC2)OC1. The van der Waals surface area contributed by atoms with Gasteiger partial charge in [0.15, 0.2) is 24.2 Å². The molecule has 2 heterocycles. The summed E-state index contributed by atoms with van der Waals surface area (Å²) in [5.74, 6) is -1.16. The van der Waals surface area contributed by atoms with E-state index in [1.807, 2.05) is 6.08 Å². The first-order chi connectivity index (χ1) is 13.2. The summed E-state index contributed by atoms with van der Waals surface area (Å²) in [6.45, 7) is 6.17. The minimum Gasteiger partial charge on any atom is -0.352 e. The maximum atomic E-state index is 13.2. The summed E-state index contributed by atoms with van der Waals surface area (Å²) in [5, 5.41) is 0. The first-order valence-corrected chi connectivity index (χ1v) is 9.67. The minimum atomic E-state index is -0.831. The van der Waals surface area contributed by atoms with Gasteiger partial charge in [0, 0.05) is 12.3 Å². The monoisotopic (exact) mass is 382 g/mol. The second-order valence-corrected chi connectivity index (χ2v) is 7.26. The Balaban J connectivity index is 1.34. The maximum absolute atomic E-state index is 13.2. The Bertz CT molecular complexity index is 594. The lowest BCUT2D eigenvalue weighted by Crippen LogP contribution is -2.44. The smallest absolute Gasteiger partial charge is 0.164 e. The number of aryl methyl sites for hydroxylation is 1. The molecule has 2 saturated heterocycles. The quantitative estimate of drug-likeness (QED) is 0.498. The third kappa shape index (κ3) is 6.07. The average molecular weight is 382 g/mol. The highest BCUT2D eigenvalue weighted by Gasteiger charge is 2.33. The Labute approximate surface area is 159 Å². The molecule has 0 amide bonds. The largest absolute Gasteiger partial charge is 0.352 e. The Hall–Kier alpha value is -1.34. The number of rotatable bonds is 8. The summed E-state index contributed by atoms with van der Waals surface area (Å²) < 4.78 is 49.5. The fourth-order valence-electron chi connectivity index (χ4n) is 3.41. The molecule has 0 aromatic heterocycles. The number of hydrogen-bond acceptors (Lipinski definition) is 4. The zero-order valence-electron chi connectivity index (χ0n) is 15.6. The van der Waals surface area contributed by atoms with Gasteiger partial charge in [0.1, 0.15) is 0 Å². The highest BCUT2D eigenvalue weighted by molar-refractivity contribution is 5.17. The molecule has 2 aliphatic rings. The second kappa shape index (κ2) is 10.3. The molecule has 3 rings (SSSR count). The summed E-state index contributed by atoms with van der Waals surface area (Å²) in [7, 11) is 0. The van der Waals surface area contributed by atoms with Crippen molar-refractivity contribution in [2.75, 3.05) is 26.4 Å². The van der Waals surface area contributed by atoms with E-state index < -0.39 is 11.6 Å². The maximum Gasteiger partial charge on any atom is 0.164 e. The number of unbranched alkanes of at least 4 members (excludes halogenated alkanes) is 1. The molecule has 27 heavy (non-hydrogen) atoms. The molecule has 0 unspecified atom stereocenters. The summed E-state index contributed by atoms with van der Waals surface area (Å²) in [6, 6.07) is 3.95. The third-order valence-electron chi connectivity index (χ3n) is 5.04. The molecular weight excluding hydrogens is 354 g/mol. The standard InChI is InChI=1S/C21H28F2O4/c1-2-3-4-5-16-11-26-21(27-12-16)17-13-24-20(25-14-17)9-7-15-6-8-18(22)19(23)10-15/h2,6,8,10,16-17,20-21H,1,3-5,7,9,11-14H2. The molecule has 2 fully saturated rings. The molecule has 0 atom stereocenters. The molecule has 1 aromatic rings. The Morgan fingerprint density at radius 1 is 0.963 bits per heavy atom. The summed E-state index contributed by atoms with van der Waals surface area (Å²) in [6.07, 6.45) is 5.69. The van der Waals surface area contributed by atoms with Crippen LogP contribution in [0.4, 0.5) is 8.78 Å². The number of ether oxygens (including phenoxy) is 4. The van der Waals surface area contributed by atoms with E-state index in [0.29, 0.717) is 45.2 Å². The van der Waals surface area contributed by atoms with Gasteiger partial charge in [-0.05, 0) is 43.4 Å². The lowest BCUT2D eigenvalue weighted by molar-refractivity contribution is -0.281. The predicted molar refractivity (Wildman–Crippen MR) is 97.1 cm³/mol. The number of benzene rings is 1. The van der Waals surface area contributed by atoms with E-state index in [1.165, 1.54) is 6.07 Å². The fraction of sp³-hybridized carbons (Fsp3) is 0.619. The van der Waals surface area contributed by atoms with Crippen LogP contribution in [-0.2, 0) is 25.4 Å². The van der Waals surface area contributed by atoms with Gasteiger partial charge in [-0.15, -0.1) is 6.58 Å². The molecule has 0 N–H and O–H groups in total. The van der Waals surface area contributed by atoms with Crippen LogP contribution in [0.1, 0.15) is 31.2 Å². The van der Waals surface area contributed by atoms with Gasteiger partial charge in [0.2, 0.25) is 0 Å². The Morgan fingerprint density at radius 3 is 2.37 bits per heavy atom. The van der Waals surface area contributed by atoms with Gasteiger partial charge in [-0.2, -0.15) is 0 Å². The molecule has 0 saturated carbocycles. The molecule has 6 heteroatoms. The van der Waals surface area contributed by atoms with Crippen molar-refractivity contribution in [1.82, 2.24) is 0 Å². The normalized spacial score (nSPS) is 28.8. The van der Waals surface area contributed by atoms with Crippen LogP contribution in [-0.4, -0.2) is 39.0 Å². The highest BCUT2D eigenvalue weighted by Crippen LogP contribution is 2.25. The summed E-state index contributed by atoms with van der Waals surface area (Å²) >= 11 is 0. The van der Waals surface area contributed by atoms with Gasteiger partial charge >= 0.3 is 0 Å². The Kier molecular flexibility index (Phi) is 7.76. The number of halogens is 2. The topological polar surface area (TPSA) is 36.9 Å². The first-order valence-electron chi connectivity index (χ1n) is 9.67. The van der Waals surface area contributed by atoms with Crippen molar-refractivity contribution < 1.29 is 27.7 Å². The average Bonchev–Trinajstić information content (AvgIpc) is 2.70. The second-order valence-electron chi connectivity index (χ2n) is 7.26. The van der Waals surface area contributed by atoms with Crippen LogP contribution >= 0.6 is 0 Å². The lowest BCUT2D eigenvalue weighted by atomic mass is 10.0. The van der Waals surface area contributed by atoms with Crippen molar-refractivity contribution in [2.24, 2.45) is 11.8 Å². The first kappa shape index (κ1) is 20.4. The van der Waals surface area contributed by atoms with E-state index in [9.17, 15) is 8.78 Å². The molecule has 0 spiro atoms. The van der Waals surface area contributed by atoms with Gasteiger partial charge in [0.05, 0.1) is 32.3 Å². The van der Waals surface area contributed by atoms with E-state index in [1.54, 1.807) is 6.07 Å². The van der Waals surface area contributed by atoms with E-state index in [2.05, 4.69) is 6.58 Å². The summed E-state index contributed by atoms with van der Waals surface area (Å²) in [4.78, 5) is 0. The molecule has 2 aliphatic heterocycles. The molecule has 150 valence electrons. The van der Waals surface area contributed by atoms with E-state index in [-0.39, 0.29) is 18.5 Å². The molecule has 0 bridgehead atoms. The van der Waals surface area contributed by atoms with Gasteiger partial charge in [0.25, 0.3) is 0 Å². The van der Waals surface area contributed by atoms with Gasteiger partial charge in [-0.25, -0.2) is 8.78 Å². The van der Waals surface area contributed by atoms with Crippen LogP contribution in [0.3, 0.4) is 0 Å². The minimum absolute atomic E-state index is 0.0543. The molecule has 0 radical (unpaired) electrons. The zero-order valence-corrected chi connectivity index (χ0v) is 15.6. The van der Waals surface area contributed by atoms with Gasteiger partial charge in [-0.3, -0.25) is 0 Å². The van der Waals surface area contributed by atoms with Crippen LogP contribution in [0.15, 0.2) is 30.9 Å². The van der Waals surface area contributed by atoms with E-state index in [0.717, 1.165) is 30.9 Å². The van der Waals surface area contributed by atoms with Gasteiger partial charge < -0.3 is 18.9 Å². The van der Waals surface area contributed by atoms with Crippen LogP contribution < -0.4 is 0 Å². The van der Waals surface area contributed by atoms with Crippen molar-refractivity contribution in [3.8, 4) is 0 Å². The third-order valence-corrected chi connectivity index (χ3v) is 5.04. The van der Waals surface area contributed by atoms with Gasteiger partial charge in [-0.1, -0.05) is 12.1 Å². The van der Waals surface area contributed by atoms with Crippen molar-refractivity contribution in [3.05, 3.63) is 48.1 Å². The van der Waals surface area contributed by atoms with Crippen molar-refractivity contribution >= 4 is 0 Å². The highest BCUT2D eigenvalue weighted by atomic mass is 19.2. The van der Waals surface area contributed by atoms with Crippen molar-refractivity contribution in [2.45, 2.75) is 44.7 Å². The van der Waals surface area contributed by atoms with Crippen molar-refractivity contribution in [1.29, 1.82) is 0 Å². The molecular formula is C21H28F2O4. The fourth-order valence-corrected chi connectivity index (χ4v) is 3.41. The molecule has 0 aliphatic carbocycles. The molecule has 4 nitrogen and oxygen atoms in total. The van der Waals surface area contributed by atoms with Crippen LogP contribution in [0, 0.1) is 23.5 Å². The lowest BCUT2D eigenvalue weighted by Gasteiger charge is -2.37. The number of allylic oxidation sites excluding steroid dienone is 1. The number of hydrogen-bond donors (Lipinski definition) is 0.